The van der Waals surface area contributed by atoms with Crippen molar-refractivity contribution < 1.29 is 0 Å². The van der Waals surface area contributed by atoms with Gasteiger partial charge >= 0.3 is 0 Å². The fourth-order valence-corrected chi connectivity index (χ4v) is 1.39. The van der Waals surface area contributed by atoms with E-state index in [9.17, 15) is 0 Å². The van der Waals surface area contributed by atoms with E-state index in [-0.39, 0.29) is 0 Å². The number of hydrogen-bond donors (Lipinski definition) is 0. The Morgan fingerprint density at radius 2 is 1.89 bits per heavy atom. The number of allylic oxidation sites excluding steroid dienone is 3. The monoisotopic (exact) mass is 122 g/mol. The molecule has 0 atom stereocenters. The molecule has 9 heavy (non-hydrogen) atoms. The highest BCUT2D eigenvalue weighted by Gasteiger charge is 2.10. The zero-order valence-electron chi connectivity index (χ0n) is 5.84. The lowest BCUT2D eigenvalue weighted by Gasteiger charge is -1.96. The smallest absolute Gasteiger partial charge is 0.0230 e. The van der Waals surface area contributed by atoms with Gasteiger partial charge in [-0.3, -0.25) is 0 Å². The van der Waals surface area contributed by atoms with Crippen molar-refractivity contribution >= 4 is 0 Å². The topological polar surface area (TPSA) is 0 Å². The molecule has 0 bridgehead atoms. The van der Waals surface area contributed by atoms with Crippen LogP contribution in [0.1, 0.15) is 25.7 Å². The first-order chi connectivity index (χ1) is 4.43. The summed E-state index contributed by atoms with van der Waals surface area (Å²) in [5.74, 6) is 0.864. The molecule has 50 valence electrons. The molecule has 1 saturated carbocycles. The van der Waals surface area contributed by atoms with Crippen molar-refractivity contribution in [2.24, 2.45) is 5.92 Å². The highest BCUT2D eigenvalue weighted by Crippen LogP contribution is 2.25. The van der Waals surface area contributed by atoms with Gasteiger partial charge in [-0.25, -0.2) is 0 Å². The molecule has 1 aliphatic rings. The lowest BCUT2D eigenvalue weighted by molar-refractivity contribution is 0.686. The first-order valence-electron chi connectivity index (χ1n) is 3.72. The SMILES string of the molecule is C=C/C=C/C1CCCC1. The fourth-order valence-electron chi connectivity index (χ4n) is 1.39. The summed E-state index contributed by atoms with van der Waals surface area (Å²) < 4.78 is 0. The van der Waals surface area contributed by atoms with Gasteiger partial charge in [-0.1, -0.05) is 37.6 Å². The third-order valence-electron chi connectivity index (χ3n) is 1.92. The summed E-state index contributed by atoms with van der Waals surface area (Å²) >= 11 is 0. The van der Waals surface area contributed by atoms with Gasteiger partial charge in [0.2, 0.25) is 0 Å². The number of hydrogen-bond acceptors (Lipinski definition) is 0. The quantitative estimate of drug-likeness (QED) is 0.494. The molecule has 0 heteroatoms. The molecule has 0 aromatic heterocycles. The second-order valence-electron chi connectivity index (χ2n) is 2.67. The maximum atomic E-state index is 3.63. The van der Waals surface area contributed by atoms with Gasteiger partial charge in [0.05, 0.1) is 0 Å². The molecule has 0 unspecified atom stereocenters. The van der Waals surface area contributed by atoms with Gasteiger partial charge in [-0.15, -0.1) is 0 Å². The first-order valence-corrected chi connectivity index (χ1v) is 3.72. The highest BCUT2D eigenvalue weighted by atomic mass is 14.2. The van der Waals surface area contributed by atoms with Gasteiger partial charge in [-0.2, -0.15) is 0 Å². The Kier molecular flexibility index (Phi) is 2.56. The molecule has 0 aromatic rings. The lowest BCUT2D eigenvalue weighted by Crippen LogP contribution is -1.83. The highest BCUT2D eigenvalue weighted by molar-refractivity contribution is 5.00. The van der Waals surface area contributed by atoms with Crippen LogP contribution in [0.4, 0.5) is 0 Å². The maximum Gasteiger partial charge on any atom is -0.0230 e. The zero-order chi connectivity index (χ0) is 6.53. The van der Waals surface area contributed by atoms with Crippen LogP contribution in [0.3, 0.4) is 0 Å². The Morgan fingerprint density at radius 1 is 1.22 bits per heavy atom. The third-order valence-corrected chi connectivity index (χ3v) is 1.92. The third kappa shape index (κ3) is 2.05. The molecule has 0 heterocycles. The van der Waals surface area contributed by atoms with Crippen LogP contribution in [0, 0.1) is 5.92 Å². The van der Waals surface area contributed by atoms with E-state index in [4.69, 9.17) is 0 Å². The van der Waals surface area contributed by atoms with Crippen molar-refractivity contribution in [3.8, 4) is 0 Å². The van der Waals surface area contributed by atoms with E-state index in [1.165, 1.54) is 25.7 Å². The molecular formula is C9H14. The molecule has 0 nitrogen and oxygen atoms in total. The Labute approximate surface area is 57.3 Å². The maximum absolute atomic E-state index is 3.63. The van der Waals surface area contributed by atoms with E-state index >= 15 is 0 Å². The minimum Gasteiger partial charge on any atom is -0.0991 e. The first kappa shape index (κ1) is 6.60. The molecule has 1 fully saturated rings. The minimum absolute atomic E-state index is 0.864. The van der Waals surface area contributed by atoms with Crippen molar-refractivity contribution in [1.82, 2.24) is 0 Å². The summed E-state index contributed by atoms with van der Waals surface area (Å²) in [5, 5.41) is 0. The van der Waals surface area contributed by atoms with Crippen LogP contribution < -0.4 is 0 Å². The summed E-state index contributed by atoms with van der Waals surface area (Å²) in [6.07, 6.45) is 11.8. The van der Waals surface area contributed by atoms with Crippen molar-refractivity contribution in [1.29, 1.82) is 0 Å². The van der Waals surface area contributed by atoms with Crippen LogP contribution in [0.25, 0.3) is 0 Å². The van der Waals surface area contributed by atoms with Crippen molar-refractivity contribution in [2.45, 2.75) is 25.7 Å². The molecule has 0 radical (unpaired) electrons. The van der Waals surface area contributed by atoms with Gasteiger partial charge in [0.25, 0.3) is 0 Å². The minimum atomic E-state index is 0.864. The van der Waals surface area contributed by atoms with Crippen LogP contribution in [0.2, 0.25) is 0 Å². The van der Waals surface area contributed by atoms with E-state index in [0.717, 1.165) is 5.92 Å². The molecular weight excluding hydrogens is 108 g/mol. The molecule has 1 aliphatic carbocycles. The molecule has 0 aromatic carbocycles. The Balaban J connectivity index is 2.25. The summed E-state index contributed by atoms with van der Waals surface area (Å²) in [6.45, 7) is 3.63. The predicted octanol–water partition coefficient (Wildman–Crippen LogP) is 2.92. The van der Waals surface area contributed by atoms with Gasteiger partial charge < -0.3 is 0 Å². The lowest BCUT2D eigenvalue weighted by atomic mass is 10.1. The molecule has 1 rings (SSSR count). The van der Waals surface area contributed by atoms with Crippen LogP contribution in [-0.2, 0) is 0 Å². The zero-order valence-corrected chi connectivity index (χ0v) is 5.84. The van der Waals surface area contributed by atoms with Gasteiger partial charge in [0, 0.05) is 0 Å². The Morgan fingerprint density at radius 3 is 2.44 bits per heavy atom. The van der Waals surface area contributed by atoms with Crippen molar-refractivity contribution in [3.05, 3.63) is 24.8 Å². The van der Waals surface area contributed by atoms with Crippen LogP contribution >= 0.6 is 0 Å². The number of rotatable bonds is 2. The van der Waals surface area contributed by atoms with Crippen LogP contribution in [-0.4, -0.2) is 0 Å². The standard InChI is InChI=1S/C9H14/c1-2-3-6-9-7-4-5-8-9/h2-3,6,9H,1,4-5,7-8H2/b6-3+. The second kappa shape index (κ2) is 3.49. The Bertz CT molecular complexity index is 105. The van der Waals surface area contributed by atoms with Gasteiger partial charge in [0.15, 0.2) is 0 Å². The van der Waals surface area contributed by atoms with Crippen LogP contribution in [0.15, 0.2) is 24.8 Å². The molecule has 0 N–H and O–H groups in total. The van der Waals surface area contributed by atoms with Crippen molar-refractivity contribution in [3.63, 3.8) is 0 Å². The average Bonchev–Trinajstić information content (AvgIpc) is 2.34. The second-order valence-corrected chi connectivity index (χ2v) is 2.67. The van der Waals surface area contributed by atoms with E-state index in [1.807, 2.05) is 6.08 Å². The van der Waals surface area contributed by atoms with Crippen molar-refractivity contribution in [2.75, 3.05) is 0 Å². The van der Waals surface area contributed by atoms with Gasteiger partial charge in [0.1, 0.15) is 0 Å². The summed E-state index contributed by atoms with van der Waals surface area (Å²) in [4.78, 5) is 0. The largest absolute Gasteiger partial charge is 0.0991 e. The molecule has 0 saturated heterocycles. The van der Waals surface area contributed by atoms with E-state index in [2.05, 4.69) is 18.7 Å². The summed E-state index contributed by atoms with van der Waals surface area (Å²) in [5.41, 5.74) is 0. The van der Waals surface area contributed by atoms with E-state index < -0.39 is 0 Å². The summed E-state index contributed by atoms with van der Waals surface area (Å²) in [7, 11) is 0. The van der Waals surface area contributed by atoms with E-state index in [1.54, 1.807) is 0 Å². The Hall–Kier alpha value is -0.520. The normalized spacial score (nSPS) is 21.3. The van der Waals surface area contributed by atoms with Crippen LogP contribution in [0.5, 0.6) is 0 Å². The fraction of sp³-hybridized carbons (Fsp3) is 0.556. The predicted molar refractivity (Wildman–Crippen MR) is 41.3 cm³/mol. The molecule has 0 aliphatic heterocycles. The van der Waals surface area contributed by atoms with Gasteiger partial charge in [-0.05, 0) is 18.8 Å². The van der Waals surface area contributed by atoms with E-state index in [0.29, 0.717) is 0 Å². The molecule has 0 spiro atoms. The molecule has 0 amide bonds. The average molecular weight is 122 g/mol. The summed E-state index contributed by atoms with van der Waals surface area (Å²) in [6, 6.07) is 0.